The van der Waals surface area contributed by atoms with Crippen LogP contribution in [-0.2, 0) is 18.8 Å². The van der Waals surface area contributed by atoms with Crippen LogP contribution in [-0.4, -0.2) is 52.5 Å². The topological polar surface area (TPSA) is 58.3 Å². The Balaban J connectivity index is 1.50. The Morgan fingerprint density at radius 2 is 1.96 bits per heavy atom. The van der Waals surface area contributed by atoms with E-state index >= 15 is 0 Å². The van der Waals surface area contributed by atoms with Crippen molar-refractivity contribution in [2.24, 2.45) is 0 Å². The van der Waals surface area contributed by atoms with Gasteiger partial charge in [-0.25, -0.2) is 4.98 Å². The second kappa shape index (κ2) is 11.4. The van der Waals surface area contributed by atoms with Crippen molar-refractivity contribution in [3.63, 3.8) is 0 Å². The molecule has 0 radical (unpaired) electrons. The molecule has 2 aromatic heterocycles. The van der Waals surface area contributed by atoms with Crippen molar-refractivity contribution in [3.8, 4) is 0 Å². The fraction of sp³-hybridized carbons (Fsp3) is 0.579. The van der Waals surface area contributed by atoms with Gasteiger partial charge in [0.1, 0.15) is 17.3 Å². The molecule has 0 aromatic carbocycles. The van der Waals surface area contributed by atoms with Crippen LogP contribution < -0.4 is 10.6 Å². The second-order valence-corrected chi connectivity index (χ2v) is 8.31. The lowest BCUT2D eigenvalue weighted by Gasteiger charge is -2.11. The van der Waals surface area contributed by atoms with Crippen LogP contribution >= 0.6 is 24.0 Å². The van der Waals surface area contributed by atoms with Crippen molar-refractivity contribution < 1.29 is 4.42 Å². The predicted octanol–water partition coefficient (Wildman–Crippen LogP) is 2.94. The van der Waals surface area contributed by atoms with Crippen molar-refractivity contribution in [2.75, 3.05) is 32.9 Å². The van der Waals surface area contributed by atoms with Crippen LogP contribution in [0.25, 0.3) is 0 Å². The van der Waals surface area contributed by atoms with E-state index in [4.69, 9.17) is 16.6 Å². The molecule has 0 aliphatic rings. The molecule has 0 saturated carbocycles. The third-order valence-electron chi connectivity index (χ3n) is 4.06. The lowest BCUT2D eigenvalue weighted by molar-refractivity contribution is 0.344. The number of hydrogen-bond donors (Lipinski definition) is 2. The first kappa shape index (κ1) is 21.8. The largest absolute Gasteiger partial charge is 0.464 e. The van der Waals surface area contributed by atoms with Gasteiger partial charge in [-0.3, -0.25) is 0 Å². The molecule has 0 atom stereocenters. The fourth-order valence-corrected chi connectivity index (χ4v) is 3.68. The van der Waals surface area contributed by atoms with Gasteiger partial charge in [0.15, 0.2) is 5.11 Å². The van der Waals surface area contributed by atoms with Gasteiger partial charge in [0, 0.05) is 37.3 Å². The third kappa shape index (κ3) is 7.94. The summed E-state index contributed by atoms with van der Waals surface area (Å²) >= 11 is 7.17. The molecule has 0 bridgehead atoms. The van der Waals surface area contributed by atoms with E-state index in [0.29, 0.717) is 0 Å². The van der Waals surface area contributed by atoms with Gasteiger partial charge in [-0.2, -0.15) is 11.8 Å². The highest BCUT2D eigenvalue weighted by Gasteiger charge is 2.04. The molecule has 0 spiro atoms. The summed E-state index contributed by atoms with van der Waals surface area (Å²) in [5, 5.41) is 7.25. The number of rotatable bonds is 11. The molecule has 2 N–H and O–H groups in total. The lowest BCUT2D eigenvalue weighted by atomic mass is 10.4. The summed E-state index contributed by atoms with van der Waals surface area (Å²) in [6.07, 6.45) is 2.93. The molecular formula is C19H31N5OS2. The first-order chi connectivity index (χ1) is 13.0. The van der Waals surface area contributed by atoms with E-state index in [2.05, 4.69) is 44.1 Å². The number of thiocarbonyl (C=S) groups is 1. The van der Waals surface area contributed by atoms with E-state index in [1.54, 1.807) is 0 Å². The van der Waals surface area contributed by atoms with Crippen molar-refractivity contribution in [1.29, 1.82) is 0 Å². The number of thioether (sulfide) groups is 1. The van der Waals surface area contributed by atoms with Gasteiger partial charge in [-0.15, -0.1) is 0 Å². The molecule has 150 valence electrons. The first-order valence-electron chi connectivity index (χ1n) is 9.26. The van der Waals surface area contributed by atoms with Crippen LogP contribution in [0.3, 0.4) is 0 Å². The number of imidazole rings is 1. The average molecular weight is 410 g/mol. The zero-order valence-corrected chi connectivity index (χ0v) is 18.4. The number of hydrogen-bond acceptors (Lipinski definition) is 5. The van der Waals surface area contributed by atoms with Crippen LogP contribution in [0.2, 0.25) is 0 Å². The van der Waals surface area contributed by atoms with E-state index in [1.807, 2.05) is 39.0 Å². The zero-order valence-electron chi connectivity index (χ0n) is 16.7. The highest BCUT2D eigenvalue weighted by molar-refractivity contribution is 7.98. The highest BCUT2D eigenvalue weighted by atomic mass is 32.2. The van der Waals surface area contributed by atoms with Crippen LogP contribution in [0.5, 0.6) is 0 Å². The van der Waals surface area contributed by atoms with E-state index in [-0.39, 0.29) is 0 Å². The van der Waals surface area contributed by atoms with Gasteiger partial charge in [0.05, 0.1) is 12.3 Å². The summed E-state index contributed by atoms with van der Waals surface area (Å²) < 4.78 is 8.04. The maximum absolute atomic E-state index is 5.81. The predicted molar refractivity (Wildman–Crippen MR) is 117 cm³/mol. The molecule has 27 heavy (non-hydrogen) atoms. The normalized spacial score (nSPS) is 11.1. The summed E-state index contributed by atoms with van der Waals surface area (Å²) in [5.74, 6) is 4.98. The van der Waals surface area contributed by atoms with Gasteiger partial charge in [-0.05, 0) is 58.7 Å². The number of aryl methyl sites for hydroxylation is 2. The number of nitrogens with one attached hydrogen (secondary N) is 2. The Morgan fingerprint density at radius 3 is 2.67 bits per heavy atom. The van der Waals surface area contributed by atoms with Crippen LogP contribution in [0.15, 0.2) is 22.7 Å². The summed E-state index contributed by atoms with van der Waals surface area (Å²) in [7, 11) is 4.08. The van der Waals surface area contributed by atoms with E-state index in [1.165, 1.54) is 5.69 Å². The minimum atomic E-state index is 0.723. The van der Waals surface area contributed by atoms with Crippen molar-refractivity contribution in [2.45, 2.75) is 39.1 Å². The first-order valence-corrected chi connectivity index (χ1v) is 10.8. The molecule has 2 aromatic rings. The second-order valence-electron chi connectivity index (χ2n) is 6.79. The quantitative estimate of drug-likeness (QED) is 0.437. The standard InChI is InChI=1S/C19H31N5OS2/c1-15-12-22-16(2)24(15)10-5-8-20-19(26)21-9-11-27-14-18-7-6-17(25-18)13-23(3)4/h6-7,12H,5,8-11,13-14H2,1-4H3,(H2,20,21,26). The minimum Gasteiger partial charge on any atom is -0.464 e. The van der Waals surface area contributed by atoms with Gasteiger partial charge in [-0.1, -0.05) is 0 Å². The molecule has 2 heterocycles. The summed E-state index contributed by atoms with van der Waals surface area (Å²) in [4.78, 5) is 6.42. The average Bonchev–Trinajstić information content (AvgIpc) is 3.18. The number of nitrogens with zero attached hydrogens (tertiary/aromatic N) is 3. The Labute approximate surface area is 172 Å². The van der Waals surface area contributed by atoms with Crippen LogP contribution in [0.1, 0.15) is 29.5 Å². The molecule has 8 heteroatoms. The van der Waals surface area contributed by atoms with E-state index in [0.717, 1.165) is 66.6 Å². The minimum absolute atomic E-state index is 0.723. The summed E-state index contributed by atoms with van der Waals surface area (Å²) in [6, 6.07) is 4.12. The molecule has 0 fully saturated rings. The zero-order chi connectivity index (χ0) is 19.6. The molecule has 6 nitrogen and oxygen atoms in total. The molecule has 0 aliphatic heterocycles. The Morgan fingerprint density at radius 1 is 1.22 bits per heavy atom. The van der Waals surface area contributed by atoms with Crippen LogP contribution in [0.4, 0.5) is 0 Å². The Hall–Kier alpha value is -1.51. The smallest absolute Gasteiger partial charge is 0.166 e. The maximum Gasteiger partial charge on any atom is 0.166 e. The van der Waals surface area contributed by atoms with Gasteiger partial charge in [0.25, 0.3) is 0 Å². The van der Waals surface area contributed by atoms with Gasteiger partial charge in [0.2, 0.25) is 0 Å². The highest BCUT2D eigenvalue weighted by Crippen LogP contribution is 2.15. The maximum atomic E-state index is 5.81. The molecular weight excluding hydrogens is 378 g/mol. The lowest BCUT2D eigenvalue weighted by Crippen LogP contribution is -2.37. The van der Waals surface area contributed by atoms with E-state index < -0.39 is 0 Å². The summed E-state index contributed by atoms with van der Waals surface area (Å²) in [6.45, 7) is 7.63. The Kier molecular flexibility index (Phi) is 9.17. The fourth-order valence-electron chi connectivity index (χ4n) is 2.73. The SMILES string of the molecule is Cc1cnc(C)n1CCCNC(=S)NCCSCc1ccc(CN(C)C)o1. The Bertz CT molecular complexity index is 691. The van der Waals surface area contributed by atoms with Crippen molar-refractivity contribution >= 4 is 29.1 Å². The van der Waals surface area contributed by atoms with E-state index in [9.17, 15) is 0 Å². The number of furan rings is 1. The van der Waals surface area contributed by atoms with Gasteiger partial charge >= 0.3 is 0 Å². The van der Waals surface area contributed by atoms with Crippen molar-refractivity contribution in [1.82, 2.24) is 25.1 Å². The molecule has 0 saturated heterocycles. The number of aromatic nitrogens is 2. The molecule has 0 unspecified atom stereocenters. The van der Waals surface area contributed by atoms with Gasteiger partial charge < -0.3 is 24.5 Å². The third-order valence-corrected chi connectivity index (χ3v) is 5.33. The van der Waals surface area contributed by atoms with Crippen molar-refractivity contribution in [3.05, 3.63) is 41.4 Å². The molecule has 0 amide bonds. The molecule has 0 aliphatic carbocycles. The monoisotopic (exact) mass is 409 g/mol. The van der Waals surface area contributed by atoms with Crippen LogP contribution in [0, 0.1) is 13.8 Å². The molecule has 2 rings (SSSR count). The summed E-state index contributed by atoms with van der Waals surface area (Å²) in [5.41, 5.74) is 1.20.